The molecule has 1 aromatic heterocycles. The van der Waals surface area contributed by atoms with E-state index in [9.17, 15) is 0 Å². The first kappa shape index (κ1) is 11.6. The molecule has 18 heavy (non-hydrogen) atoms. The molecule has 0 saturated heterocycles. The SMILES string of the molecule is CCCc1c(C)nc(Cl)c2cc3c(cc12)OCO3. The molecule has 2 heterocycles. The molecule has 2 aromatic rings. The molecular weight excluding hydrogens is 250 g/mol. The lowest BCUT2D eigenvalue weighted by Gasteiger charge is -2.11. The van der Waals surface area contributed by atoms with Crippen molar-refractivity contribution in [1.82, 2.24) is 4.98 Å². The van der Waals surface area contributed by atoms with E-state index < -0.39 is 0 Å². The van der Waals surface area contributed by atoms with E-state index in [1.807, 2.05) is 19.1 Å². The lowest BCUT2D eigenvalue weighted by molar-refractivity contribution is 0.174. The molecule has 0 spiro atoms. The fourth-order valence-corrected chi connectivity index (χ4v) is 2.68. The summed E-state index contributed by atoms with van der Waals surface area (Å²) in [7, 11) is 0. The maximum Gasteiger partial charge on any atom is 0.231 e. The number of benzene rings is 1. The van der Waals surface area contributed by atoms with Crippen LogP contribution in [0.25, 0.3) is 10.8 Å². The Balaban J connectivity index is 2.33. The Morgan fingerprint density at radius 3 is 2.56 bits per heavy atom. The zero-order valence-corrected chi connectivity index (χ0v) is 11.2. The zero-order valence-electron chi connectivity index (χ0n) is 10.4. The minimum atomic E-state index is 0.277. The summed E-state index contributed by atoms with van der Waals surface area (Å²) in [6, 6.07) is 3.94. The molecular formula is C14H14ClNO2. The number of aromatic nitrogens is 1. The van der Waals surface area contributed by atoms with Gasteiger partial charge in [0.15, 0.2) is 11.5 Å². The van der Waals surface area contributed by atoms with Crippen molar-refractivity contribution in [1.29, 1.82) is 0 Å². The summed E-state index contributed by atoms with van der Waals surface area (Å²) in [6.45, 7) is 4.44. The Bertz CT molecular complexity index is 625. The van der Waals surface area contributed by atoms with E-state index >= 15 is 0 Å². The predicted molar refractivity (Wildman–Crippen MR) is 71.6 cm³/mol. The molecule has 4 heteroatoms. The smallest absolute Gasteiger partial charge is 0.231 e. The molecule has 0 unspecified atom stereocenters. The molecule has 0 aliphatic carbocycles. The summed E-state index contributed by atoms with van der Waals surface area (Å²) in [4.78, 5) is 4.41. The Morgan fingerprint density at radius 2 is 1.89 bits per heavy atom. The van der Waals surface area contributed by atoms with Gasteiger partial charge in [-0.2, -0.15) is 0 Å². The van der Waals surface area contributed by atoms with Crippen LogP contribution in [0.3, 0.4) is 0 Å². The monoisotopic (exact) mass is 263 g/mol. The molecule has 1 aromatic carbocycles. The van der Waals surface area contributed by atoms with Crippen LogP contribution in [-0.4, -0.2) is 11.8 Å². The Hall–Kier alpha value is -1.48. The largest absolute Gasteiger partial charge is 0.454 e. The summed E-state index contributed by atoms with van der Waals surface area (Å²) in [5, 5.41) is 2.59. The van der Waals surface area contributed by atoms with E-state index in [0.29, 0.717) is 5.15 Å². The second-order valence-electron chi connectivity index (χ2n) is 4.47. The molecule has 0 atom stereocenters. The van der Waals surface area contributed by atoms with E-state index in [-0.39, 0.29) is 6.79 Å². The molecule has 0 saturated carbocycles. The van der Waals surface area contributed by atoms with E-state index in [2.05, 4.69) is 11.9 Å². The number of aryl methyl sites for hydroxylation is 2. The van der Waals surface area contributed by atoms with Crippen molar-refractivity contribution in [3.05, 3.63) is 28.5 Å². The predicted octanol–water partition coefficient (Wildman–Crippen LogP) is 3.88. The molecule has 1 aliphatic rings. The summed E-state index contributed by atoms with van der Waals surface area (Å²) < 4.78 is 10.8. The molecule has 0 amide bonds. The van der Waals surface area contributed by atoms with Crippen LogP contribution in [0.1, 0.15) is 24.6 Å². The van der Waals surface area contributed by atoms with Gasteiger partial charge in [0.25, 0.3) is 0 Å². The number of halogens is 1. The first-order valence-electron chi connectivity index (χ1n) is 6.09. The van der Waals surface area contributed by atoms with Gasteiger partial charge in [0.2, 0.25) is 6.79 Å². The van der Waals surface area contributed by atoms with Gasteiger partial charge in [-0.25, -0.2) is 4.98 Å². The quantitative estimate of drug-likeness (QED) is 0.771. The topological polar surface area (TPSA) is 31.4 Å². The van der Waals surface area contributed by atoms with E-state index in [0.717, 1.165) is 40.8 Å². The summed E-state index contributed by atoms with van der Waals surface area (Å²) in [5.74, 6) is 1.54. The Kier molecular flexibility index (Phi) is 2.78. The van der Waals surface area contributed by atoms with E-state index in [1.54, 1.807) is 0 Å². The molecule has 3 rings (SSSR count). The van der Waals surface area contributed by atoms with Crippen molar-refractivity contribution < 1.29 is 9.47 Å². The number of hydrogen-bond donors (Lipinski definition) is 0. The van der Waals surface area contributed by atoms with Crippen LogP contribution in [0.2, 0.25) is 5.15 Å². The number of rotatable bonds is 2. The average molecular weight is 264 g/mol. The first-order chi connectivity index (χ1) is 8.70. The van der Waals surface area contributed by atoms with Crippen LogP contribution in [0, 0.1) is 6.92 Å². The summed E-state index contributed by atoms with van der Waals surface area (Å²) >= 11 is 6.23. The van der Waals surface area contributed by atoms with Crippen molar-refractivity contribution in [2.24, 2.45) is 0 Å². The molecule has 0 N–H and O–H groups in total. The van der Waals surface area contributed by atoms with Gasteiger partial charge in [-0.05, 0) is 36.4 Å². The van der Waals surface area contributed by atoms with Gasteiger partial charge in [0.1, 0.15) is 5.15 Å². The molecule has 0 fully saturated rings. The second-order valence-corrected chi connectivity index (χ2v) is 4.83. The number of nitrogens with zero attached hydrogens (tertiary/aromatic N) is 1. The maximum atomic E-state index is 6.23. The minimum absolute atomic E-state index is 0.277. The Morgan fingerprint density at radius 1 is 1.22 bits per heavy atom. The zero-order chi connectivity index (χ0) is 12.7. The van der Waals surface area contributed by atoms with Gasteiger partial charge in [0.05, 0.1) is 0 Å². The number of ether oxygens (including phenoxy) is 2. The van der Waals surface area contributed by atoms with Gasteiger partial charge in [-0.3, -0.25) is 0 Å². The summed E-state index contributed by atoms with van der Waals surface area (Å²) in [6.07, 6.45) is 2.07. The van der Waals surface area contributed by atoms with Crippen molar-refractivity contribution in [2.75, 3.05) is 6.79 Å². The standard InChI is InChI=1S/C14H14ClNO2/c1-3-4-9-8(2)16-14(15)11-6-13-12(5-10(9)11)17-7-18-13/h5-6H,3-4,7H2,1-2H3. The van der Waals surface area contributed by atoms with Crippen molar-refractivity contribution in [3.63, 3.8) is 0 Å². The van der Waals surface area contributed by atoms with Crippen molar-refractivity contribution in [2.45, 2.75) is 26.7 Å². The van der Waals surface area contributed by atoms with E-state index in [1.165, 1.54) is 5.56 Å². The molecule has 1 aliphatic heterocycles. The molecule has 0 bridgehead atoms. The number of fused-ring (bicyclic) bond motifs is 2. The third kappa shape index (κ3) is 1.70. The van der Waals surface area contributed by atoms with Crippen LogP contribution in [0.4, 0.5) is 0 Å². The van der Waals surface area contributed by atoms with Crippen molar-refractivity contribution in [3.8, 4) is 11.5 Å². The van der Waals surface area contributed by atoms with Gasteiger partial charge < -0.3 is 9.47 Å². The van der Waals surface area contributed by atoms with Gasteiger partial charge in [-0.15, -0.1) is 0 Å². The molecule has 94 valence electrons. The van der Waals surface area contributed by atoms with Crippen LogP contribution < -0.4 is 9.47 Å². The lowest BCUT2D eigenvalue weighted by atomic mass is 10.0. The van der Waals surface area contributed by atoms with E-state index in [4.69, 9.17) is 21.1 Å². The minimum Gasteiger partial charge on any atom is -0.454 e. The highest BCUT2D eigenvalue weighted by molar-refractivity contribution is 6.34. The normalized spacial score (nSPS) is 13.3. The third-order valence-corrected chi connectivity index (χ3v) is 3.55. The molecule has 3 nitrogen and oxygen atoms in total. The van der Waals surface area contributed by atoms with Crippen LogP contribution in [0.5, 0.6) is 11.5 Å². The third-order valence-electron chi connectivity index (χ3n) is 3.26. The maximum absolute atomic E-state index is 6.23. The second kappa shape index (κ2) is 4.32. The van der Waals surface area contributed by atoms with Crippen molar-refractivity contribution >= 4 is 22.4 Å². The number of hydrogen-bond acceptors (Lipinski definition) is 3. The van der Waals surface area contributed by atoms with Gasteiger partial charge in [-0.1, -0.05) is 24.9 Å². The highest BCUT2D eigenvalue weighted by Crippen LogP contribution is 2.39. The van der Waals surface area contributed by atoms with Gasteiger partial charge >= 0.3 is 0 Å². The average Bonchev–Trinajstić information content (AvgIpc) is 2.79. The highest BCUT2D eigenvalue weighted by Gasteiger charge is 2.18. The lowest BCUT2D eigenvalue weighted by Crippen LogP contribution is -1.96. The fraction of sp³-hybridized carbons (Fsp3) is 0.357. The van der Waals surface area contributed by atoms with Crippen LogP contribution in [-0.2, 0) is 6.42 Å². The first-order valence-corrected chi connectivity index (χ1v) is 6.47. The Labute approximate surface area is 111 Å². The number of pyridine rings is 1. The van der Waals surface area contributed by atoms with Crippen LogP contribution in [0.15, 0.2) is 12.1 Å². The van der Waals surface area contributed by atoms with Crippen LogP contribution >= 0.6 is 11.6 Å². The summed E-state index contributed by atoms with van der Waals surface area (Å²) in [5.41, 5.74) is 2.24. The highest BCUT2D eigenvalue weighted by atomic mass is 35.5. The van der Waals surface area contributed by atoms with Gasteiger partial charge in [0, 0.05) is 11.1 Å². The fourth-order valence-electron chi connectivity index (χ4n) is 2.40. The molecule has 0 radical (unpaired) electrons.